The lowest BCUT2D eigenvalue weighted by atomic mass is 9.75. The van der Waals surface area contributed by atoms with E-state index < -0.39 is 16.6 Å². The standard InChI is InChI=1S/C16H28O2Si2/c1-16-11-10-14(17-19(2,3)4)12-13(16)8-9-15(16)18-20(5,6)7/h8-9,12H,10-11H2,1-7H3/t16-/m0/s1. The van der Waals surface area contributed by atoms with E-state index in [1.807, 2.05) is 0 Å². The first-order chi connectivity index (χ1) is 9.00. The number of allylic oxidation sites excluding steroid dienone is 5. The molecule has 0 aromatic carbocycles. The molecule has 0 aromatic heterocycles. The Morgan fingerprint density at radius 2 is 1.55 bits per heavy atom. The molecule has 0 fully saturated rings. The molecule has 0 saturated carbocycles. The predicted molar refractivity (Wildman–Crippen MR) is 90.5 cm³/mol. The van der Waals surface area contributed by atoms with Gasteiger partial charge in [0.15, 0.2) is 0 Å². The Bertz CT molecular complexity index is 490. The third kappa shape index (κ3) is 3.47. The first kappa shape index (κ1) is 15.6. The maximum atomic E-state index is 6.29. The summed E-state index contributed by atoms with van der Waals surface area (Å²) in [5.41, 5.74) is 1.41. The summed E-state index contributed by atoms with van der Waals surface area (Å²) in [4.78, 5) is 0. The van der Waals surface area contributed by atoms with Crippen molar-refractivity contribution in [2.24, 2.45) is 5.41 Å². The van der Waals surface area contributed by atoms with Crippen LogP contribution in [0.3, 0.4) is 0 Å². The van der Waals surface area contributed by atoms with Crippen molar-refractivity contribution in [1.29, 1.82) is 0 Å². The van der Waals surface area contributed by atoms with E-state index in [0.29, 0.717) is 0 Å². The van der Waals surface area contributed by atoms with Gasteiger partial charge in [-0.3, -0.25) is 0 Å². The molecule has 0 unspecified atom stereocenters. The zero-order valence-corrected chi connectivity index (χ0v) is 16.0. The highest BCUT2D eigenvalue weighted by Crippen LogP contribution is 2.49. The molecule has 112 valence electrons. The molecule has 0 aliphatic heterocycles. The molecule has 20 heavy (non-hydrogen) atoms. The molecule has 0 radical (unpaired) electrons. The van der Waals surface area contributed by atoms with Gasteiger partial charge >= 0.3 is 0 Å². The fourth-order valence-electron chi connectivity index (χ4n) is 2.72. The maximum Gasteiger partial charge on any atom is 0.241 e. The van der Waals surface area contributed by atoms with Crippen LogP contribution < -0.4 is 0 Å². The van der Waals surface area contributed by atoms with Crippen molar-refractivity contribution in [2.75, 3.05) is 0 Å². The lowest BCUT2D eigenvalue weighted by molar-refractivity contribution is 0.259. The zero-order valence-electron chi connectivity index (χ0n) is 14.0. The zero-order chi connectivity index (χ0) is 15.2. The van der Waals surface area contributed by atoms with Gasteiger partial charge < -0.3 is 8.85 Å². The Morgan fingerprint density at radius 1 is 0.950 bits per heavy atom. The first-order valence-electron chi connectivity index (χ1n) is 7.51. The Kier molecular flexibility index (Phi) is 3.84. The second kappa shape index (κ2) is 4.91. The summed E-state index contributed by atoms with van der Waals surface area (Å²) in [6.07, 6.45) is 8.73. The Labute approximate surface area is 125 Å². The third-order valence-corrected chi connectivity index (χ3v) is 5.34. The Morgan fingerprint density at radius 3 is 2.10 bits per heavy atom. The predicted octanol–water partition coefficient (Wildman–Crippen LogP) is 5.20. The van der Waals surface area contributed by atoms with Crippen LogP contribution in [0.4, 0.5) is 0 Å². The van der Waals surface area contributed by atoms with Crippen LogP contribution >= 0.6 is 0 Å². The van der Waals surface area contributed by atoms with Gasteiger partial charge in [0.05, 0.1) is 11.5 Å². The van der Waals surface area contributed by atoms with Crippen molar-refractivity contribution in [2.45, 2.75) is 59.0 Å². The van der Waals surface area contributed by atoms with Crippen LogP contribution in [0.5, 0.6) is 0 Å². The Hall–Kier alpha value is -0.746. The van der Waals surface area contributed by atoms with Gasteiger partial charge in [-0.05, 0) is 70.4 Å². The lowest BCUT2D eigenvalue weighted by Crippen LogP contribution is -2.33. The number of hydrogen-bond acceptors (Lipinski definition) is 2. The Balaban J connectivity index is 2.16. The van der Waals surface area contributed by atoms with Gasteiger partial charge in [-0.15, -0.1) is 0 Å². The van der Waals surface area contributed by atoms with E-state index in [1.165, 1.54) is 5.57 Å². The highest BCUT2D eigenvalue weighted by molar-refractivity contribution is 6.70. The van der Waals surface area contributed by atoms with Gasteiger partial charge in [-0.2, -0.15) is 0 Å². The van der Waals surface area contributed by atoms with Crippen LogP contribution in [-0.4, -0.2) is 16.6 Å². The van der Waals surface area contributed by atoms with Crippen LogP contribution in [0.2, 0.25) is 39.3 Å². The monoisotopic (exact) mass is 308 g/mol. The molecule has 0 aromatic rings. The summed E-state index contributed by atoms with van der Waals surface area (Å²) in [6.45, 7) is 15.8. The molecular formula is C16H28O2Si2. The minimum absolute atomic E-state index is 0.0621. The van der Waals surface area contributed by atoms with E-state index in [0.717, 1.165) is 24.4 Å². The fraction of sp³-hybridized carbons (Fsp3) is 0.625. The smallest absolute Gasteiger partial charge is 0.241 e. The SMILES string of the molecule is C[C@]12CCC(O[Si](C)(C)C)=CC1=CC=C2O[Si](C)(C)C. The van der Waals surface area contributed by atoms with Gasteiger partial charge in [0.1, 0.15) is 0 Å². The molecule has 0 amide bonds. The van der Waals surface area contributed by atoms with Gasteiger partial charge in [-0.1, -0.05) is 6.08 Å². The summed E-state index contributed by atoms with van der Waals surface area (Å²) in [6, 6.07) is 0. The molecule has 1 atom stereocenters. The number of hydrogen-bond donors (Lipinski definition) is 0. The van der Waals surface area contributed by atoms with Gasteiger partial charge in [-0.25, -0.2) is 0 Å². The number of fused-ring (bicyclic) bond motifs is 1. The number of rotatable bonds is 4. The molecule has 0 bridgehead atoms. The van der Waals surface area contributed by atoms with Gasteiger partial charge in [0.2, 0.25) is 16.6 Å². The molecule has 0 saturated heterocycles. The highest BCUT2D eigenvalue weighted by atomic mass is 28.4. The summed E-state index contributed by atoms with van der Waals surface area (Å²) in [5, 5.41) is 0. The van der Waals surface area contributed by atoms with Crippen molar-refractivity contribution >= 4 is 16.6 Å². The van der Waals surface area contributed by atoms with Gasteiger partial charge in [0, 0.05) is 11.8 Å². The molecule has 4 heteroatoms. The second-order valence-electron chi connectivity index (χ2n) is 8.02. The maximum absolute atomic E-state index is 6.29. The summed E-state index contributed by atoms with van der Waals surface area (Å²) < 4.78 is 12.5. The van der Waals surface area contributed by atoms with Crippen LogP contribution in [0.15, 0.2) is 35.3 Å². The normalized spacial score (nSPS) is 26.4. The van der Waals surface area contributed by atoms with E-state index in [9.17, 15) is 0 Å². The minimum atomic E-state index is -1.55. The molecule has 2 rings (SSSR count). The molecule has 2 aliphatic carbocycles. The largest absolute Gasteiger partial charge is 0.547 e. The highest BCUT2D eigenvalue weighted by Gasteiger charge is 2.41. The van der Waals surface area contributed by atoms with Crippen molar-refractivity contribution in [3.63, 3.8) is 0 Å². The summed E-state index contributed by atoms with van der Waals surface area (Å²) in [7, 11) is -3.05. The van der Waals surface area contributed by atoms with Gasteiger partial charge in [0.25, 0.3) is 0 Å². The van der Waals surface area contributed by atoms with E-state index in [4.69, 9.17) is 8.85 Å². The van der Waals surface area contributed by atoms with Crippen molar-refractivity contribution < 1.29 is 8.85 Å². The van der Waals surface area contributed by atoms with Crippen molar-refractivity contribution in [3.05, 3.63) is 35.3 Å². The van der Waals surface area contributed by atoms with E-state index in [2.05, 4.69) is 64.4 Å². The van der Waals surface area contributed by atoms with Crippen LogP contribution in [0.25, 0.3) is 0 Å². The fourth-order valence-corrected chi connectivity index (χ4v) is 4.62. The second-order valence-corrected chi connectivity index (χ2v) is 16.9. The molecule has 0 N–H and O–H groups in total. The average Bonchev–Trinajstić information content (AvgIpc) is 2.52. The quantitative estimate of drug-likeness (QED) is 0.665. The topological polar surface area (TPSA) is 18.5 Å². The van der Waals surface area contributed by atoms with Crippen molar-refractivity contribution in [3.8, 4) is 0 Å². The molecule has 2 nitrogen and oxygen atoms in total. The van der Waals surface area contributed by atoms with E-state index in [-0.39, 0.29) is 5.41 Å². The molecular weight excluding hydrogens is 280 g/mol. The molecule has 0 spiro atoms. The van der Waals surface area contributed by atoms with E-state index >= 15 is 0 Å². The van der Waals surface area contributed by atoms with Crippen LogP contribution in [-0.2, 0) is 8.85 Å². The summed E-state index contributed by atoms with van der Waals surface area (Å²) >= 11 is 0. The third-order valence-electron chi connectivity index (χ3n) is 3.64. The minimum Gasteiger partial charge on any atom is -0.547 e. The van der Waals surface area contributed by atoms with E-state index in [1.54, 1.807) is 0 Å². The molecule has 0 heterocycles. The first-order valence-corrected chi connectivity index (χ1v) is 14.3. The summed E-state index contributed by atoms with van der Waals surface area (Å²) in [5.74, 6) is 2.32. The lowest BCUT2D eigenvalue weighted by Gasteiger charge is -2.38. The van der Waals surface area contributed by atoms with Crippen LogP contribution in [0.1, 0.15) is 19.8 Å². The average molecular weight is 309 g/mol. The van der Waals surface area contributed by atoms with Crippen LogP contribution in [0, 0.1) is 5.41 Å². The van der Waals surface area contributed by atoms with Crippen molar-refractivity contribution in [1.82, 2.24) is 0 Å². The molecule has 2 aliphatic rings.